The number of alkyl halides is 3. The van der Waals surface area contributed by atoms with Gasteiger partial charge in [0.1, 0.15) is 23.9 Å². The molecule has 2 rings (SSSR count). The minimum Gasteiger partial charge on any atom is -0.496 e. The highest BCUT2D eigenvalue weighted by Crippen LogP contribution is 2.33. The fourth-order valence-electron chi connectivity index (χ4n) is 2.07. The minimum absolute atomic E-state index is 0.0604. The lowest BCUT2D eigenvalue weighted by molar-refractivity contribution is -0.137. The number of benzene rings is 2. The first kappa shape index (κ1) is 17.7. The number of halogens is 3. The Kier molecular flexibility index (Phi) is 5.33. The third kappa shape index (κ3) is 3.98. The van der Waals surface area contributed by atoms with Gasteiger partial charge in [0.05, 0.1) is 25.3 Å². The molecule has 2 aromatic rings. The van der Waals surface area contributed by atoms with Crippen LogP contribution in [0.3, 0.4) is 0 Å². The Morgan fingerprint density at radius 3 is 1.96 bits per heavy atom. The van der Waals surface area contributed by atoms with Gasteiger partial charge in [-0.1, -0.05) is 12.1 Å². The summed E-state index contributed by atoms with van der Waals surface area (Å²) in [6, 6.07) is 7.70. The molecular formula is C17H15F3O4. The zero-order valence-corrected chi connectivity index (χ0v) is 13.0. The average molecular weight is 340 g/mol. The van der Waals surface area contributed by atoms with Crippen LogP contribution in [0.2, 0.25) is 0 Å². The molecule has 0 aliphatic heterocycles. The van der Waals surface area contributed by atoms with Crippen LogP contribution in [0, 0.1) is 0 Å². The van der Waals surface area contributed by atoms with Gasteiger partial charge in [0, 0.05) is 12.1 Å². The van der Waals surface area contributed by atoms with Gasteiger partial charge < -0.3 is 14.2 Å². The molecule has 0 fully saturated rings. The zero-order valence-electron chi connectivity index (χ0n) is 13.0. The van der Waals surface area contributed by atoms with Crippen LogP contribution in [0.1, 0.15) is 21.5 Å². The number of carbonyl (C=O) groups excluding carboxylic acids is 1. The molecular weight excluding hydrogens is 325 g/mol. The van der Waals surface area contributed by atoms with Gasteiger partial charge in [0.25, 0.3) is 0 Å². The first-order valence-corrected chi connectivity index (χ1v) is 6.89. The quantitative estimate of drug-likeness (QED) is 0.742. The van der Waals surface area contributed by atoms with Gasteiger partial charge in [-0.2, -0.15) is 13.2 Å². The van der Waals surface area contributed by atoms with Crippen molar-refractivity contribution in [3.8, 4) is 17.2 Å². The summed E-state index contributed by atoms with van der Waals surface area (Å²) in [7, 11) is 2.81. The van der Waals surface area contributed by atoms with Gasteiger partial charge in [0.2, 0.25) is 0 Å². The van der Waals surface area contributed by atoms with Crippen molar-refractivity contribution in [3.05, 3.63) is 53.1 Å². The molecule has 0 unspecified atom stereocenters. The Morgan fingerprint density at radius 2 is 1.54 bits per heavy atom. The summed E-state index contributed by atoms with van der Waals surface area (Å²) < 4.78 is 53.3. The van der Waals surface area contributed by atoms with E-state index in [0.29, 0.717) is 17.6 Å². The molecule has 0 amide bonds. The molecule has 2 aromatic carbocycles. The first-order chi connectivity index (χ1) is 11.4. The monoisotopic (exact) mass is 340 g/mol. The fraction of sp³-hybridized carbons (Fsp3) is 0.235. The fourth-order valence-corrected chi connectivity index (χ4v) is 2.07. The molecule has 24 heavy (non-hydrogen) atoms. The highest BCUT2D eigenvalue weighted by atomic mass is 19.4. The van der Waals surface area contributed by atoms with E-state index >= 15 is 0 Å². The summed E-state index contributed by atoms with van der Waals surface area (Å²) in [5.41, 5.74) is 0.104. The van der Waals surface area contributed by atoms with Crippen LogP contribution in [0.25, 0.3) is 0 Å². The van der Waals surface area contributed by atoms with E-state index < -0.39 is 11.7 Å². The normalized spacial score (nSPS) is 11.0. The number of carbonyl (C=O) groups is 1. The van der Waals surface area contributed by atoms with Crippen LogP contribution in [0.4, 0.5) is 13.2 Å². The van der Waals surface area contributed by atoms with Crippen LogP contribution in [-0.2, 0) is 12.8 Å². The summed E-state index contributed by atoms with van der Waals surface area (Å²) in [5.74, 6) is 0.938. The number of hydrogen-bond donors (Lipinski definition) is 0. The molecule has 0 spiro atoms. The first-order valence-electron chi connectivity index (χ1n) is 6.89. The van der Waals surface area contributed by atoms with Crippen molar-refractivity contribution < 1.29 is 32.2 Å². The molecule has 0 saturated heterocycles. The number of methoxy groups -OCH3 is 2. The van der Waals surface area contributed by atoms with Crippen LogP contribution in [0.15, 0.2) is 36.4 Å². The predicted octanol–water partition coefficient (Wildman–Crippen LogP) is 4.11. The van der Waals surface area contributed by atoms with Gasteiger partial charge in [0.15, 0.2) is 6.29 Å². The molecule has 0 aromatic heterocycles. The van der Waals surface area contributed by atoms with Crippen molar-refractivity contribution >= 4 is 6.29 Å². The zero-order chi connectivity index (χ0) is 17.7. The van der Waals surface area contributed by atoms with Gasteiger partial charge in [-0.05, 0) is 17.7 Å². The highest BCUT2D eigenvalue weighted by molar-refractivity contribution is 5.84. The van der Waals surface area contributed by atoms with E-state index in [2.05, 4.69) is 0 Å². The molecule has 0 bridgehead atoms. The van der Waals surface area contributed by atoms with E-state index in [9.17, 15) is 18.0 Å². The van der Waals surface area contributed by atoms with Gasteiger partial charge in [-0.15, -0.1) is 0 Å². The topological polar surface area (TPSA) is 44.8 Å². The third-order valence-corrected chi connectivity index (χ3v) is 3.32. The molecule has 0 aliphatic rings. The van der Waals surface area contributed by atoms with Crippen LogP contribution < -0.4 is 14.2 Å². The smallest absolute Gasteiger partial charge is 0.416 e. The van der Waals surface area contributed by atoms with Crippen molar-refractivity contribution in [1.29, 1.82) is 0 Å². The maximum Gasteiger partial charge on any atom is 0.416 e. The van der Waals surface area contributed by atoms with Crippen molar-refractivity contribution in [2.24, 2.45) is 0 Å². The molecule has 0 saturated carbocycles. The van der Waals surface area contributed by atoms with Crippen LogP contribution in [0.5, 0.6) is 17.2 Å². The molecule has 128 valence electrons. The highest BCUT2D eigenvalue weighted by Gasteiger charge is 2.29. The second kappa shape index (κ2) is 7.25. The molecule has 7 heteroatoms. The SMILES string of the molecule is COc1cc(OCc2ccc(C(F)(F)F)cc2)cc(OC)c1C=O. The van der Waals surface area contributed by atoms with Crippen molar-refractivity contribution in [1.82, 2.24) is 0 Å². The lowest BCUT2D eigenvalue weighted by Crippen LogP contribution is -2.05. The van der Waals surface area contributed by atoms with E-state index in [1.165, 1.54) is 38.5 Å². The van der Waals surface area contributed by atoms with Gasteiger partial charge >= 0.3 is 6.18 Å². The van der Waals surface area contributed by atoms with Crippen molar-refractivity contribution in [2.45, 2.75) is 12.8 Å². The molecule has 0 heterocycles. The third-order valence-electron chi connectivity index (χ3n) is 3.32. The number of rotatable bonds is 6. The maximum absolute atomic E-state index is 12.5. The van der Waals surface area contributed by atoms with Gasteiger partial charge in [-0.3, -0.25) is 4.79 Å². The summed E-state index contributed by atoms with van der Waals surface area (Å²) >= 11 is 0. The number of hydrogen-bond acceptors (Lipinski definition) is 4. The molecule has 0 N–H and O–H groups in total. The second-order valence-electron chi connectivity index (χ2n) is 4.84. The van der Waals surface area contributed by atoms with E-state index in [4.69, 9.17) is 14.2 Å². The van der Waals surface area contributed by atoms with E-state index in [0.717, 1.165) is 12.1 Å². The lowest BCUT2D eigenvalue weighted by Gasteiger charge is -2.13. The van der Waals surface area contributed by atoms with Gasteiger partial charge in [-0.25, -0.2) is 0 Å². The number of ether oxygens (including phenoxy) is 3. The van der Waals surface area contributed by atoms with Crippen molar-refractivity contribution in [3.63, 3.8) is 0 Å². The summed E-state index contributed by atoms with van der Waals surface area (Å²) in [6.07, 6.45) is -3.76. The molecule has 0 radical (unpaired) electrons. The number of aldehydes is 1. The average Bonchev–Trinajstić information content (AvgIpc) is 2.58. The Morgan fingerprint density at radius 1 is 1.00 bits per heavy atom. The Hall–Kier alpha value is -2.70. The molecule has 0 aliphatic carbocycles. The largest absolute Gasteiger partial charge is 0.496 e. The standard InChI is InChI=1S/C17H15F3O4/c1-22-15-7-13(8-16(23-2)14(15)9-21)24-10-11-3-5-12(6-4-11)17(18,19)20/h3-9H,10H2,1-2H3. The second-order valence-corrected chi connectivity index (χ2v) is 4.84. The Labute approximate surface area is 136 Å². The molecule has 0 atom stereocenters. The predicted molar refractivity (Wildman–Crippen MR) is 80.7 cm³/mol. The summed E-state index contributed by atoms with van der Waals surface area (Å²) in [6.45, 7) is 0.0604. The minimum atomic E-state index is -4.37. The summed E-state index contributed by atoms with van der Waals surface area (Å²) in [5, 5.41) is 0. The van der Waals surface area contributed by atoms with E-state index in [1.807, 2.05) is 0 Å². The van der Waals surface area contributed by atoms with Crippen molar-refractivity contribution in [2.75, 3.05) is 14.2 Å². The van der Waals surface area contributed by atoms with E-state index in [-0.39, 0.29) is 23.7 Å². The van der Waals surface area contributed by atoms with Crippen LogP contribution >= 0.6 is 0 Å². The Bertz CT molecular complexity index is 684. The van der Waals surface area contributed by atoms with Crippen LogP contribution in [-0.4, -0.2) is 20.5 Å². The maximum atomic E-state index is 12.5. The summed E-state index contributed by atoms with van der Waals surface area (Å²) in [4.78, 5) is 11.1. The Balaban J connectivity index is 2.15. The lowest BCUT2D eigenvalue weighted by atomic mass is 10.1. The molecule has 4 nitrogen and oxygen atoms in total. The van der Waals surface area contributed by atoms with E-state index in [1.54, 1.807) is 0 Å².